The summed E-state index contributed by atoms with van der Waals surface area (Å²) in [5.41, 5.74) is 0. The Morgan fingerprint density at radius 3 is 2.69 bits per heavy atom. The van der Waals surface area contributed by atoms with Gasteiger partial charge in [0, 0.05) is 0 Å². The van der Waals surface area contributed by atoms with Gasteiger partial charge in [0.1, 0.15) is 0 Å². The largest absolute Gasteiger partial charge is 0.481 e. The number of carbonyl (C=O) groups is 1. The molecule has 3 heteroatoms. The molecule has 0 aromatic heterocycles. The second-order valence-electron chi connectivity index (χ2n) is 3.11. The van der Waals surface area contributed by atoms with Gasteiger partial charge in [-0.2, -0.15) is 0 Å². The maximum Gasteiger partial charge on any atom is 0.305 e. The molecule has 0 heterocycles. The lowest BCUT2D eigenvalue weighted by Gasteiger charge is -2.05. The van der Waals surface area contributed by atoms with Crippen molar-refractivity contribution in [3.63, 3.8) is 0 Å². The van der Waals surface area contributed by atoms with Crippen LogP contribution in [0.25, 0.3) is 0 Å². The predicted octanol–water partition coefficient (Wildman–Crippen LogP) is 1.96. The highest BCUT2D eigenvalue weighted by Crippen LogP contribution is 2.06. The fourth-order valence-electron chi connectivity index (χ4n) is 1.11. The van der Waals surface area contributed by atoms with Crippen LogP contribution in [-0.2, 0) is 4.79 Å². The van der Waals surface area contributed by atoms with E-state index in [-0.39, 0.29) is 6.42 Å². The average molecular weight is 186 g/mol. The Labute approximate surface area is 79.1 Å². The van der Waals surface area contributed by atoms with Crippen LogP contribution in [0.4, 0.5) is 0 Å². The van der Waals surface area contributed by atoms with Gasteiger partial charge in [-0.05, 0) is 26.2 Å². The Morgan fingerprint density at radius 1 is 1.46 bits per heavy atom. The molecular formula is C10H18O3. The van der Waals surface area contributed by atoms with Gasteiger partial charge in [-0.1, -0.05) is 18.6 Å². The van der Waals surface area contributed by atoms with E-state index in [0.717, 1.165) is 19.3 Å². The summed E-state index contributed by atoms with van der Waals surface area (Å²) in [6.07, 6.45) is 6.75. The van der Waals surface area contributed by atoms with Crippen molar-refractivity contribution in [3.05, 3.63) is 12.2 Å². The summed E-state index contributed by atoms with van der Waals surface area (Å²) in [4.78, 5) is 10.2. The maximum absolute atomic E-state index is 10.2. The number of aliphatic hydroxyl groups excluding tert-OH is 1. The van der Waals surface area contributed by atoms with E-state index < -0.39 is 12.1 Å². The van der Waals surface area contributed by atoms with Gasteiger partial charge in [-0.15, -0.1) is 0 Å². The van der Waals surface area contributed by atoms with Crippen LogP contribution in [0.2, 0.25) is 0 Å². The molecule has 0 aliphatic carbocycles. The van der Waals surface area contributed by atoms with Crippen LogP contribution in [0.15, 0.2) is 12.2 Å². The molecule has 0 radical (unpaired) electrons. The Bertz CT molecular complexity index is 164. The number of carboxylic acids is 1. The van der Waals surface area contributed by atoms with Crippen molar-refractivity contribution < 1.29 is 15.0 Å². The molecule has 76 valence electrons. The maximum atomic E-state index is 10.2. The SMILES string of the molecule is CC=CCCCCC(O)CC(=O)O. The highest BCUT2D eigenvalue weighted by Gasteiger charge is 2.07. The minimum Gasteiger partial charge on any atom is -0.481 e. The molecule has 2 N–H and O–H groups in total. The number of carboxylic acid groups (broad SMARTS) is 1. The Morgan fingerprint density at radius 2 is 2.15 bits per heavy atom. The first-order valence-corrected chi connectivity index (χ1v) is 4.67. The van der Waals surface area contributed by atoms with Crippen molar-refractivity contribution in [3.8, 4) is 0 Å². The molecule has 0 amide bonds. The van der Waals surface area contributed by atoms with E-state index >= 15 is 0 Å². The van der Waals surface area contributed by atoms with Crippen molar-refractivity contribution in [1.29, 1.82) is 0 Å². The summed E-state index contributed by atoms with van der Waals surface area (Å²) >= 11 is 0. The van der Waals surface area contributed by atoms with Crippen molar-refractivity contribution >= 4 is 5.97 Å². The van der Waals surface area contributed by atoms with E-state index in [9.17, 15) is 9.90 Å². The van der Waals surface area contributed by atoms with E-state index in [1.54, 1.807) is 0 Å². The average Bonchev–Trinajstić information content (AvgIpc) is 2.02. The third-order valence-corrected chi connectivity index (χ3v) is 1.80. The summed E-state index contributed by atoms with van der Waals surface area (Å²) in [6.45, 7) is 1.97. The summed E-state index contributed by atoms with van der Waals surface area (Å²) in [5, 5.41) is 17.5. The van der Waals surface area contributed by atoms with Crippen LogP contribution in [0, 0.1) is 0 Å². The number of unbranched alkanes of at least 4 members (excludes halogenated alkanes) is 2. The summed E-state index contributed by atoms with van der Waals surface area (Å²) in [6, 6.07) is 0. The summed E-state index contributed by atoms with van der Waals surface area (Å²) < 4.78 is 0. The summed E-state index contributed by atoms with van der Waals surface area (Å²) in [7, 11) is 0. The molecule has 0 rings (SSSR count). The minimum atomic E-state index is -0.930. The zero-order chi connectivity index (χ0) is 10.1. The number of hydrogen-bond acceptors (Lipinski definition) is 2. The molecule has 1 atom stereocenters. The molecule has 0 spiro atoms. The zero-order valence-corrected chi connectivity index (χ0v) is 8.07. The second-order valence-corrected chi connectivity index (χ2v) is 3.11. The van der Waals surface area contributed by atoms with E-state index in [4.69, 9.17) is 5.11 Å². The molecule has 0 fully saturated rings. The first kappa shape index (κ1) is 12.2. The molecule has 0 aliphatic rings. The van der Waals surface area contributed by atoms with Gasteiger partial charge >= 0.3 is 5.97 Å². The van der Waals surface area contributed by atoms with E-state index in [0.29, 0.717) is 6.42 Å². The molecule has 1 unspecified atom stereocenters. The third-order valence-electron chi connectivity index (χ3n) is 1.80. The van der Waals surface area contributed by atoms with E-state index in [1.165, 1.54) is 0 Å². The van der Waals surface area contributed by atoms with Crippen molar-refractivity contribution in [2.75, 3.05) is 0 Å². The van der Waals surface area contributed by atoms with Crippen molar-refractivity contribution in [2.24, 2.45) is 0 Å². The van der Waals surface area contributed by atoms with Gasteiger partial charge in [-0.3, -0.25) is 4.79 Å². The quantitative estimate of drug-likeness (QED) is 0.472. The molecule has 13 heavy (non-hydrogen) atoms. The lowest BCUT2D eigenvalue weighted by Crippen LogP contribution is -2.12. The monoisotopic (exact) mass is 186 g/mol. The normalized spacial score (nSPS) is 13.4. The number of allylic oxidation sites excluding steroid dienone is 2. The van der Waals surface area contributed by atoms with Gasteiger partial charge in [0.25, 0.3) is 0 Å². The fourth-order valence-corrected chi connectivity index (χ4v) is 1.11. The third kappa shape index (κ3) is 9.08. The van der Waals surface area contributed by atoms with Gasteiger partial charge in [0.05, 0.1) is 12.5 Å². The second kappa shape index (κ2) is 7.80. The van der Waals surface area contributed by atoms with Gasteiger partial charge in [-0.25, -0.2) is 0 Å². The number of aliphatic hydroxyl groups is 1. The van der Waals surface area contributed by atoms with Crippen molar-refractivity contribution in [1.82, 2.24) is 0 Å². The lowest BCUT2D eigenvalue weighted by atomic mass is 10.1. The molecule has 0 saturated heterocycles. The van der Waals surface area contributed by atoms with Crippen molar-refractivity contribution in [2.45, 2.75) is 45.1 Å². The lowest BCUT2D eigenvalue weighted by molar-refractivity contribution is -0.139. The van der Waals surface area contributed by atoms with Crippen LogP contribution >= 0.6 is 0 Å². The number of aliphatic carboxylic acids is 1. The van der Waals surface area contributed by atoms with Crippen LogP contribution in [-0.4, -0.2) is 22.3 Å². The first-order valence-electron chi connectivity index (χ1n) is 4.67. The topological polar surface area (TPSA) is 57.5 Å². The zero-order valence-electron chi connectivity index (χ0n) is 8.07. The van der Waals surface area contributed by atoms with Crippen LogP contribution in [0.5, 0.6) is 0 Å². The molecule has 3 nitrogen and oxygen atoms in total. The molecule has 0 aromatic carbocycles. The number of rotatable bonds is 7. The van der Waals surface area contributed by atoms with Crippen LogP contribution < -0.4 is 0 Å². The highest BCUT2D eigenvalue weighted by atomic mass is 16.4. The van der Waals surface area contributed by atoms with Gasteiger partial charge in [0.2, 0.25) is 0 Å². The minimum absolute atomic E-state index is 0.135. The Balaban J connectivity index is 3.26. The van der Waals surface area contributed by atoms with E-state index in [2.05, 4.69) is 6.08 Å². The molecule has 0 aromatic rings. The summed E-state index contributed by atoms with van der Waals surface area (Å²) in [5.74, 6) is -0.930. The fraction of sp³-hybridized carbons (Fsp3) is 0.700. The predicted molar refractivity (Wildman–Crippen MR) is 51.5 cm³/mol. The highest BCUT2D eigenvalue weighted by molar-refractivity contribution is 5.67. The van der Waals surface area contributed by atoms with Gasteiger partial charge < -0.3 is 10.2 Å². The number of hydrogen-bond donors (Lipinski definition) is 2. The molecule has 0 saturated carbocycles. The van der Waals surface area contributed by atoms with Gasteiger partial charge in [0.15, 0.2) is 0 Å². The molecule has 0 bridgehead atoms. The van der Waals surface area contributed by atoms with E-state index in [1.807, 2.05) is 13.0 Å². The Kier molecular flexibility index (Phi) is 7.30. The van der Waals surface area contributed by atoms with Crippen LogP contribution in [0.1, 0.15) is 39.0 Å². The Hall–Kier alpha value is -0.830. The van der Waals surface area contributed by atoms with Crippen LogP contribution in [0.3, 0.4) is 0 Å². The smallest absolute Gasteiger partial charge is 0.305 e. The first-order chi connectivity index (χ1) is 6.16. The molecular weight excluding hydrogens is 168 g/mol. The standard InChI is InChI=1S/C10H18O3/c1-2-3-4-5-6-7-9(11)8-10(12)13/h2-3,9,11H,4-8H2,1H3,(H,12,13). The molecule has 0 aliphatic heterocycles.